The van der Waals surface area contributed by atoms with Crippen LogP contribution < -0.4 is 4.74 Å². The fraction of sp³-hybridized carbons (Fsp3) is 0.167. The molecule has 0 aliphatic heterocycles. The third kappa shape index (κ3) is 3.82. The summed E-state index contributed by atoms with van der Waals surface area (Å²) in [7, 11) is -2.20. The van der Waals surface area contributed by atoms with Crippen LogP contribution in [0.15, 0.2) is 53.4 Å². The maximum Gasteiger partial charge on any atom is 0.449 e. The highest BCUT2D eigenvalue weighted by molar-refractivity contribution is 7.90. The van der Waals surface area contributed by atoms with Crippen molar-refractivity contribution in [2.24, 2.45) is 0 Å². The molecule has 2 aromatic carbocycles. The molecular weight excluding hydrogens is 381 g/mol. The summed E-state index contributed by atoms with van der Waals surface area (Å²) in [4.78, 5) is 5.85. The lowest BCUT2D eigenvalue weighted by Crippen LogP contribution is -2.07. The van der Waals surface area contributed by atoms with Gasteiger partial charge in [0.25, 0.3) is 0 Å². The van der Waals surface area contributed by atoms with Crippen LogP contribution in [0.25, 0.3) is 22.5 Å². The number of H-pyrrole nitrogens is 1. The lowest BCUT2D eigenvalue weighted by Gasteiger charge is -2.09. The van der Waals surface area contributed by atoms with Crippen molar-refractivity contribution in [1.29, 1.82) is 0 Å². The molecule has 9 heteroatoms. The summed E-state index contributed by atoms with van der Waals surface area (Å²) in [6.45, 7) is 0. The number of rotatable bonds is 4. The van der Waals surface area contributed by atoms with Gasteiger partial charge in [-0.2, -0.15) is 13.2 Å². The molecule has 142 valence electrons. The van der Waals surface area contributed by atoms with Gasteiger partial charge < -0.3 is 9.72 Å². The number of aromatic amines is 1. The van der Waals surface area contributed by atoms with Crippen LogP contribution in [0.2, 0.25) is 0 Å². The largest absolute Gasteiger partial charge is 0.497 e. The summed E-state index contributed by atoms with van der Waals surface area (Å²) in [6.07, 6.45) is -3.71. The molecule has 0 atom stereocenters. The second-order valence-electron chi connectivity index (χ2n) is 5.80. The average molecular weight is 396 g/mol. The van der Waals surface area contributed by atoms with Crippen LogP contribution >= 0.6 is 0 Å². The number of ether oxygens (including phenoxy) is 1. The van der Waals surface area contributed by atoms with Crippen molar-refractivity contribution in [1.82, 2.24) is 9.97 Å². The summed E-state index contributed by atoms with van der Waals surface area (Å²) in [5.74, 6) is -0.671. The zero-order chi connectivity index (χ0) is 19.8. The van der Waals surface area contributed by atoms with Gasteiger partial charge in [-0.1, -0.05) is 18.2 Å². The number of hydrogen-bond acceptors (Lipinski definition) is 4. The van der Waals surface area contributed by atoms with E-state index in [1.54, 1.807) is 30.3 Å². The Morgan fingerprint density at radius 2 is 1.67 bits per heavy atom. The Hall–Kier alpha value is -2.81. The fourth-order valence-corrected chi connectivity index (χ4v) is 3.55. The highest BCUT2D eigenvalue weighted by Crippen LogP contribution is 2.38. The normalized spacial score (nSPS) is 12.2. The Labute approximate surface area is 153 Å². The summed E-state index contributed by atoms with van der Waals surface area (Å²) in [5.41, 5.74) is 0.490. The number of sulfone groups is 1. The molecule has 1 aromatic heterocycles. The van der Waals surface area contributed by atoms with Crippen LogP contribution in [0.5, 0.6) is 5.75 Å². The Balaban J connectivity index is 2.28. The summed E-state index contributed by atoms with van der Waals surface area (Å²) in [6, 6.07) is 12.1. The molecule has 0 bridgehead atoms. The van der Waals surface area contributed by atoms with Crippen molar-refractivity contribution in [2.75, 3.05) is 13.4 Å². The SMILES string of the molecule is COc1ccc(-c2nc(C(F)(F)F)[nH]c2-c2ccccc2S(C)(=O)=O)cc1. The van der Waals surface area contributed by atoms with E-state index < -0.39 is 21.8 Å². The number of halogens is 3. The minimum absolute atomic E-state index is 0.000998. The highest BCUT2D eigenvalue weighted by Gasteiger charge is 2.36. The molecule has 0 fully saturated rings. The minimum Gasteiger partial charge on any atom is -0.497 e. The number of benzene rings is 2. The van der Waals surface area contributed by atoms with E-state index in [9.17, 15) is 21.6 Å². The molecule has 0 aliphatic rings. The Bertz CT molecular complexity index is 1070. The molecule has 0 aliphatic carbocycles. The van der Waals surface area contributed by atoms with Crippen molar-refractivity contribution in [2.45, 2.75) is 11.1 Å². The maximum atomic E-state index is 13.2. The van der Waals surface area contributed by atoms with Crippen molar-refractivity contribution in [3.05, 3.63) is 54.4 Å². The van der Waals surface area contributed by atoms with Crippen LogP contribution in [-0.4, -0.2) is 31.8 Å². The van der Waals surface area contributed by atoms with E-state index in [2.05, 4.69) is 9.97 Å². The molecule has 0 spiro atoms. The van der Waals surface area contributed by atoms with Crippen molar-refractivity contribution < 1.29 is 26.3 Å². The van der Waals surface area contributed by atoms with Gasteiger partial charge in [-0.3, -0.25) is 0 Å². The van der Waals surface area contributed by atoms with Gasteiger partial charge in [0.2, 0.25) is 5.82 Å². The molecule has 0 amide bonds. The predicted octanol–water partition coefficient (Wildman–Crippen LogP) is 4.17. The standard InChI is InChI=1S/C18H15F3N2O3S/c1-26-12-9-7-11(8-10-12)15-16(23-17(22-15)18(19,20)21)13-5-3-4-6-14(13)27(2,24)25/h3-10H,1-2H3,(H,22,23). The van der Waals surface area contributed by atoms with Gasteiger partial charge in [-0.15, -0.1) is 0 Å². The first-order valence-corrected chi connectivity index (χ1v) is 9.61. The fourth-order valence-electron chi connectivity index (χ4n) is 2.66. The zero-order valence-corrected chi connectivity index (χ0v) is 15.1. The zero-order valence-electron chi connectivity index (χ0n) is 14.3. The van der Waals surface area contributed by atoms with Crippen LogP contribution in [0, 0.1) is 0 Å². The lowest BCUT2D eigenvalue weighted by molar-refractivity contribution is -0.144. The van der Waals surface area contributed by atoms with E-state index in [-0.39, 0.29) is 21.8 Å². The Kier molecular flexibility index (Phi) is 4.73. The van der Waals surface area contributed by atoms with Gasteiger partial charge in [-0.05, 0) is 30.3 Å². The van der Waals surface area contributed by atoms with E-state index in [4.69, 9.17) is 4.74 Å². The van der Waals surface area contributed by atoms with E-state index in [0.29, 0.717) is 11.3 Å². The summed E-state index contributed by atoms with van der Waals surface area (Å²) < 4.78 is 68.9. The third-order valence-corrected chi connectivity index (χ3v) is 5.05. The van der Waals surface area contributed by atoms with Crippen LogP contribution in [-0.2, 0) is 16.0 Å². The molecule has 5 nitrogen and oxygen atoms in total. The summed E-state index contributed by atoms with van der Waals surface area (Å²) in [5, 5.41) is 0. The number of nitrogens with one attached hydrogen (secondary N) is 1. The van der Waals surface area contributed by atoms with E-state index in [1.165, 1.54) is 25.3 Å². The van der Waals surface area contributed by atoms with Gasteiger partial charge in [0.1, 0.15) is 5.75 Å². The molecule has 0 unspecified atom stereocenters. The smallest absolute Gasteiger partial charge is 0.449 e. The number of methoxy groups -OCH3 is 1. The molecule has 1 N–H and O–H groups in total. The molecule has 3 rings (SSSR count). The van der Waals surface area contributed by atoms with Crippen molar-refractivity contribution in [3.8, 4) is 28.3 Å². The van der Waals surface area contributed by atoms with Crippen molar-refractivity contribution in [3.63, 3.8) is 0 Å². The molecule has 3 aromatic rings. The maximum absolute atomic E-state index is 13.2. The molecule has 1 heterocycles. The molecule has 27 heavy (non-hydrogen) atoms. The number of nitrogens with zero attached hydrogens (tertiary/aromatic N) is 1. The van der Waals surface area contributed by atoms with Gasteiger partial charge >= 0.3 is 6.18 Å². The molecule has 0 radical (unpaired) electrons. The van der Waals surface area contributed by atoms with Crippen LogP contribution in [0.4, 0.5) is 13.2 Å². The minimum atomic E-state index is -4.71. The van der Waals surface area contributed by atoms with E-state index >= 15 is 0 Å². The third-order valence-electron chi connectivity index (χ3n) is 3.89. The quantitative estimate of drug-likeness (QED) is 0.718. The van der Waals surface area contributed by atoms with Gasteiger partial charge in [-0.25, -0.2) is 13.4 Å². The average Bonchev–Trinajstić information content (AvgIpc) is 3.07. The predicted molar refractivity (Wildman–Crippen MR) is 94.1 cm³/mol. The first-order chi connectivity index (χ1) is 12.6. The van der Waals surface area contributed by atoms with Gasteiger partial charge in [0, 0.05) is 17.4 Å². The van der Waals surface area contributed by atoms with Gasteiger partial charge in [0.05, 0.1) is 23.4 Å². The summed E-state index contributed by atoms with van der Waals surface area (Å²) >= 11 is 0. The Morgan fingerprint density at radius 1 is 1.04 bits per heavy atom. The van der Waals surface area contributed by atoms with Gasteiger partial charge in [0.15, 0.2) is 9.84 Å². The number of alkyl halides is 3. The first kappa shape index (κ1) is 19.0. The molecular formula is C18H15F3N2O3S. The monoisotopic (exact) mass is 396 g/mol. The second-order valence-corrected chi connectivity index (χ2v) is 7.79. The Morgan fingerprint density at radius 3 is 2.22 bits per heavy atom. The first-order valence-electron chi connectivity index (χ1n) is 7.72. The molecule has 0 saturated carbocycles. The van der Waals surface area contributed by atoms with Crippen LogP contribution in [0.1, 0.15) is 5.82 Å². The number of imidazole rings is 1. The lowest BCUT2D eigenvalue weighted by atomic mass is 10.0. The van der Waals surface area contributed by atoms with E-state index in [1.807, 2.05) is 0 Å². The topological polar surface area (TPSA) is 72.0 Å². The number of aromatic nitrogens is 2. The van der Waals surface area contributed by atoms with E-state index in [0.717, 1.165) is 6.26 Å². The molecule has 0 saturated heterocycles. The highest BCUT2D eigenvalue weighted by atomic mass is 32.2. The van der Waals surface area contributed by atoms with Crippen molar-refractivity contribution >= 4 is 9.84 Å². The second kappa shape index (κ2) is 6.73. The van der Waals surface area contributed by atoms with Crippen LogP contribution in [0.3, 0.4) is 0 Å². The number of hydrogen-bond donors (Lipinski definition) is 1.